The van der Waals surface area contributed by atoms with E-state index in [4.69, 9.17) is 4.98 Å². The smallest absolute Gasteiger partial charge is 0.329 e. The van der Waals surface area contributed by atoms with Crippen LogP contribution in [0.5, 0.6) is 0 Å². The monoisotopic (exact) mass is 442 g/mol. The van der Waals surface area contributed by atoms with Gasteiger partial charge in [0, 0.05) is 51.9 Å². The predicted octanol–water partition coefficient (Wildman–Crippen LogP) is 2.46. The van der Waals surface area contributed by atoms with E-state index in [0.717, 1.165) is 57.8 Å². The molecule has 1 fully saturated rings. The summed E-state index contributed by atoms with van der Waals surface area (Å²) in [5, 5.41) is 0. The molecule has 1 aromatic carbocycles. The summed E-state index contributed by atoms with van der Waals surface area (Å²) >= 11 is 0. The zero-order valence-corrected chi connectivity index (χ0v) is 18.8. The average molecular weight is 443 g/mol. The van der Waals surface area contributed by atoms with Crippen LogP contribution in [0.2, 0.25) is 0 Å². The molecule has 1 N–H and O–H groups in total. The summed E-state index contributed by atoms with van der Waals surface area (Å²) in [6.07, 6.45) is 4.31. The van der Waals surface area contributed by atoms with Crippen LogP contribution in [0.1, 0.15) is 38.2 Å². The molecule has 0 bridgehead atoms. The molecule has 3 heterocycles. The van der Waals surface area contributed by atoms with Gasteiger partial charge in [-0.25, -0.2) is 9.18 Å². The van der Waals surface area contributed by atoms with E-state index in [1.165, 1.54) is 10.6 Å². The summed E-state index contributed by atoms with van der Waals surface area (Å²) in [6, 6.07) is 6.88. The van der Waals surface area contributed by atoms with Crippen molar-refractivity contribution in [2.45, 2.75) is 45.7 Å². The van der Waals surface area contributed by atoms with Crippen LogP contribution in [-0.4, -0.2) is 50.2 Å². The number of fused-ring (bicyclic) bond motifs is 1. The molecule has 1 saturated heterocycles. The van der Waals surface area contributed by atoms with Crippen LogP contribution < -0.4 is 16.1 Å². The Balaban J connectivity index is 1.57. The molecule has 0 atom stereocenters. The second kappa shape index (κ2) is 9.68. The van der Waals surface area contributed by atoms with Gasteiger partial charge in [-0.2, -0.15) is 4.98 Å². The quantitative estimate of drug-likeness (QED) is 0.542. The van der Waals surface area contributed by atoms with Crippen LogP contribution in [0.25, 0.3) is 11.2 Å². The van der Waals surface area contributed by atoms with E-state index < -0.39 is 11.2 Å². The maximum atomic E-state index is 14.0. The largest absolute Gasteiger partial charge is 0.340 e. The number of rotatable bonds is 8. The summed E-state index contributed by atoms with van der Waals surface area (Å²) < 4.78 is 17.4. The lowest BCUT2D eigenvalue weighted by molar-refractivity contribution is 0.245. The molecule has 172 valence electrons. The fourth-order valence-electron chi connectivity index (χ4n) is 4.35. The van der Waals surface area contributed by atoms with Gasteiger partial charge in [0.1, 0.15) is 5.82 Å². The van der Waals surface area contributed by atoms with Crippen LogP contribution >= 0.6 is 0 Å². The fourth-order valence-corrected chi connectivity index (χ4v) is 4.35. The number of nitrogens with one attached hydrogen (secondary N) is 1. The van der Waals surface area contributed by atoms with Gasteiger partial charge in [0.25, 0.3) is 5.56 Å². The first-order chi connectivity index (χ1) is 15.5. The third-order valence-corrected chi connectivity index (χ3v) is 6.23. The SMILES string of the molecule is CCCCCCn1c(N2CCN(Cc3ccccc3F)CC2)nc2c1c(=O)[nH]c(=O)n2C. The zero-order chi connectivity index (χ0) is 22.7. The van der Waals surface area contributed by atoms with Gasteiger partial charge < -0.3 is 9.47 Å². The number of hydrogen-bond acceptors (Lipinski definition) is 5. The predicted molar refractivity (Wildman–Crippen MR) is 124 cm³/mol. The molecule has 1 aliphatic heterocycles. The lowest BCUT2D eigenvalue weighted by Gasteiger charge is -2.35. The zero-order valence-electron chi connectivity index (χ0n) is 18.8. The number of imidazole rings is 1. The van der Waals surface area contributed by atoms with Gasteiger partial charge in [0.2, 0.25) is 5.95 Å². The van der Waals surface area contributed by atoms with Gasteiger partial charge in [-0.15, -0.1) is 0 Å². The minimum absolute atomic E-state index is 0.177. The molecule has 0 amide bonds. The maximum absolute atomic E-state index is 14.0. The fraction of sp³-hybridized carbons (Fsp3) is 0.522. The molecule has 3 aromatic rings. The molecule has 0 unspecified atom stereocenters. The van der Waals surface area contributed by atoms with Gasteiger partial charge in [0.15, 0.2) is 11.2 Å². The Kier molecular flexibility index (Phi) is 6.74. The number of aryl methyl sites for hydroxylation is 2. The van der Waals surface area contributed by atoms with Gasteiger partial charge in [-0.1, -0.05) is 44.4 Å². The van der Waals surface area contributed by atoms with Crippen LogP contribution in [0.3, 0.4) is 0 Å². The number of H-pyrrole nitrogens is 1. The highest BCUT2D eigenvalue weighted by molar-refractivity contribution is 5.74. The first-order valence-electron chi connectivity index (χ1n) is 11.4. The first-order valence-corrected chi connectivity index (χ1v) is 11.4. The molecule has 0 spiro atoms. The topological polar surface area (TPSA) is 79.2 Å². The summed E-state index contributed by atoms with van der Waals surface area (Å²) in [5.74, 6) is 0.553. The van der Waals surface area contributed by atoms with Crippen LogP contribution in [0.15, 0.2) is 33.9 Å². The molecule has 0 saturated carbocycles. The summed E-state index contributed by atoms with van der Waals surface area (Å²) in [7, 11) is 1.63. The van der Waals surface area contributed by atoms with E-state index >= 15 is 0 Å². The summed E-state index contributed by atoms with van der Waals surface area (Å²) in [4.78, 5) is 36.3. The van der Waals surface area contributed by atoms with Gasteiger partial charge in [-0.05, 0) is 12.5 Å². The van der Waals surface area contributed by atoms with Crippen molar-refractivity contribution < 1.29 is 4.39 Å². The molecule has 8 nitrogen and oxygen atoms in total. The third-order valence-electron chi connectivity index (χ3n) is 6.23. The van der Waals surface area contributed by atoms with Crippen molar-refractivity contribution >= 4 is 17.1 Å². The number of hydrogen-bond donors (Lipinski definition) is 1. The first kappa shape index (κ1) is 22.3. The molecule has 0 aliphatic carbocycles. The third kappa shape index (κ3) is 4.48. The minimum atomic E-state index is -0.459. The maximum Gasteiger partial charge on any atom is 0.329 e. The highest BCUT2D eigenvalue weighted by atomic mass is 19.1. The van der Waals surface area contributed by atoms with Crippen LogP contribution in [-0.2, 0) is 20.1 Å². The Morgan fingerprint density at radius 1 is 1.06 bits per heavy atom. The van der Waals surface area contributed by atoms with Crippen molar-refractivity contribution in [1.29, 1.82) is 0 Å². The Labute approximate surface area is 186 Å². The van der Waals surface area contributed by atoms with Crippen molar-refractivity contribution in [3.63, 3.8) is 0 Å². The second-order valence-corrected chi connectivity index (χ2v) is 8.47. The van der Waals surface area contributed by atoms with E-state index in [-0.39, 0.29) is 5.82 Å². The number of piperazine rings is 1. The Morgan fingerprint density at radius 2 is 1.81 bits per heavy atom. The van der Waals surface area contributed by atoms with Gasteiger partial charge >= 0.3 is 5.69 Å². The molecule has 2 aromatic heterocycles. The van der Waals surface area contributed by atoms with Crippen molar-refractivity contribution in [3.8, 4) is 0 Å². The number of nitrogens with zero attached hydrogens (tertiary/aromatic N) is 5. The molecule has 32 heavy (non-hydrogen) atoms. The summed E-state index contributed by atoms with van der Waals surface area (Å²) in [6.45, 7) is 6.40. The van der Waals surface area contributed by atoms with Crippen molar-refractivity contribution in [3.05, 3.63) is 56.5 Å². The van der Waals surface area contributed by atoms with E-state index in [2.05, 4.69) is 21.7 Å². The van der Waals surface area contributed by atoms with Crippen molar-refractivity contribution in [2.75, 3.05) is 31.1 Å². The van der Waals surface area contributed by atoms with Gasteiger partial charge in [-0.3, -0.25) is 19.2 Å². The number of aromatic amines is 1. The molecular formula is C23H31FN6O2. The second-order valence-electron chi connectivity index (χ2n) is 8.47. The highest BCUT2D eigenvalue weighted by Crippen LogP contribution is 2.22. The molecule has 1 aliphatic rings. The van der Waals surface area contributed by atoms with E-state index in [0.29, 0.717) is 29.8 Å². The molecule has 9 heteroatoms. The standard InChI is InChI=1S/C23H31FN6O2/c1-3-4-5-8-11-30-19-20(27(2)23(32)26-21(19)31)25-22(30)29-14-12-28(13-15-29)16-17-9-6-7-10-18(17)24/h6-7,9-10H,3-5,8,11-16H2,1-2H3,(H,26,31,32). The van der Waals surface area contributed by atoms with Gasteiger partial charge in [0.05, 0.1) is 0 Å². The Bertz CT molecular complexity index is 1190. The lowest BCUT2D eigenvalue weighted by Crippen LogP contribution is -2.47. The number of anilines is 1. The lowest BCUT2D eigenvalue weighted by atomic mass is 10.2. The summed E-state index contributed by atoms with van der Waals surface area (Å²) in [5.41, 5.74) is 0.714. The van der Waals surface area contributed by atoms with Crippen LogP contribution in [0, 0.1) is 5.82 Å². The van der Waals surface area contributed by atoms with E-state index in [9.17, 15) is 14.0 Å². The van der Waals surface area contributed by atoms with Crippen molar-refractivity contribution in [2.24, 2.45) is 7.05 Å². The number of unbranched alkanes of at least 4 members (excludes halogenated alkanes) is 3. The molecular weight excluding hydrogens is 411 g/mol. The average Bonchev–Trinajstić information content (AvgIpc) is 3.17. The number of halogens is 1. The molecule has 4 rings (SSSR count). The van der Waals surface area contributed by atoms with Crippen LogP contribution in [0.4, 0.5) is 10.3 Å². The van der Waals surface area contributed by atoms with E-state index in [1.54, 1.807) is 13.1 Å². The number of benzene rings is 1. The molecule has 0 radical (unpaired) electrons. The number of aromatic nitrogens is 4. The highest BCUT2D eigenvalue weighted by Gasteiger charge is 2.25. The Hall–Kier alpha value is -2.94. The van der Waals surface area contributed by atoms with E-state index in [1.807, 2.05) is 16.7 Å². The minimum Gasteiger partial charge on any atom is -0.340 e. The Morgan fingerprint density at radius 3 is 2.53 bits per heavy atom. The normalized spacial score (nSPS) is 15.0. The van der Waals surface area contributed by atoms with Crippen molar-refractivity contribution in [1.82, 2.24) is 24.0 Å².